The molecule has 70 valence electrons. The summed E-state index contributed by atoms with van der Waals surface area (Å²) in [6, 6.07) is 3.38. The molecule has 0 amide bonds. The Morgan fingerprint density at radius 2 is 1.75 bits per heavy atom. The highest BCUT2D eigenvalue weighted by Gasteiger charge is 2.11. The molecule has 2 nitrogen and oxygen atoms in total. The van der Waals surface area contributed by atoms with E-state index in [1.54, 1.807) is 0 Å². The molecule has 0 saturated carbocycles. The molecule has 0 fully saturated rings. The van der Waals surface area contributed by atoms with Crippen LogP contribution >= 0.6 is 8.73 Å². The summed E-state index contributed by atoms with van der Waals surface area (Å²) < 4.78 is 2.44. The van der Waals surface area contributed by atoms with E-state index in [-0.39, 0.29) is 0 Å². The van der Waals surface area contributed by atoms with Crippen molar-refractivity contribution in [2.75, 3.05) is 6.16 Å². The van der Waals surface area contributed by atoms with Crippen LogP contribution in [-0.2, 0) is 0 Å². The minimum Gasteiger partial charge on any atom is -0.280 e. The predicted octanol–water partition coefficient (Wildman–Crippen LogP) is 2.61. The molecule has 0 aromatic heterocycles. The Hall–Kier alpha value is -0.120. The van der Waals surface area contributed by atoms with Crippen LogP contribution in [0.15, 0.2) is 0 Å². The molecule has 1 unspecified atom stereocenters. The molecule has 0 N–H and O–H groups in total. The van der Waals surface area contributed by atoms with Crippen molar-refractivity contribution >= 4 is 8.73 Å². The second-order valence-corrected chi connectivity index (χ2v) is 4.74. The highest BCUT2D eigenvalue weighted by Crippen LogP contribution is 2.24. The minimum atomic E-state index is 0.599. The van der Waals surface area contributed by atoms with Crippen molar-refractivity contribution < 1.29 is 0 Å². The van der Waals surface area contributed by atoms with E-state index in [1.807, 2.05) is 0 Å². The maximum atomic E-state index is 8.39. The number of nitriles is 1. The normalized spacial score (nSPS) is 12.2. The average molecular weight is 186 g/mol. The van der Waals surface area contributed by atoms with E-state index < -0.39 is 0 Å². The first-order valence-electron chi connectivity index (χ1n) is 4.48. The van der Waals surface area contributed by atoms with E-state index in [2.05, 4.69) is 38.4 Å². The number of hydrogen-bond acceptors (Lipinski definition) is 2. The van der Waals surface area contributed by atoms with Gasteiger partial charge in [-0.3, -0.25) is 4.67 Å². The topological polar surface area (TPSA) is 27.0 Å². The lowest BCUT2D eigenvalue weighted by atomic mass is 10.3. The summed E-state index contributed by atoms with van der Waals surface area (Å²) in [7, 11) is 0.802. The molecule has 0 aliphatic carbocycles. The van der Waals surface area contributed by atoms with Gasteiger partial charge >= 0.3 is 0 Å². The third-order valence-corrected chi connectivity index (χ3v) is 3.52. The van der Waals surface area contributed by atoms with Gasteiger partial charge in [0.1, 0.15) is 0 Å². The van der Waals surface area contributed by atoms with Crippen molar-refractivity contribution in [3.8, 4) is 6.07 Å². The molecule has 0 rings (SSSR count). The molecule has 12 heavy (non-hydrogen) atoms. The molecule has 0 aliphatic heterocycles. The van der Waals surface area contributed by atoms with Crippen molar-refractivity contribution in [1.29, 1.82) is 5.26 Å². The van der Waals surface area contributed by atoms with Gasteiger partial charge in [0.05, 0.1) is 6.07 Å². The highest BCUT2D eigenvalue weighted by atomic mass is 31.1. The summed E-state index contributed by atoms with van der Waals surface area (Å²) >= 11 is 0. The summed E-state index contributed by atoms with van der Waals surface area (Å²) in [5.74, 6) is 0. The van der Waals surface area contributed by atoms with Gasteiger partial charge in [0, 0.05) is 18.5 Å². The fourth-order valence-corrected chi connectivity index (χ4v) is 2.41. The summed E-state index contributed by atoms with van der Waals surface area (Å²) in [4.78, 5) is 0. The summed E-state index contributed by atoms with van der Waals surface area (Å²) in [6.45, 7) is 8.83. The van der Waals surface area contributed by atoms with Gasteiger partial charge in [-0.05, 0) is 42.6 Å². The van der Waals surface area contributed by atoms with Crippen molar-refractivity contribution in [2.45, 2.75) is 46.2 Å². The average Bonchev–Trinajstić information content (AvgIpc) is 1.96. The fraction of sp³-hybridized carbons (Fsp3) is 0.889. The third-order valence-electron chi connectivity index (χ3n) is 1.64. The lowest BCUT2D eigenvalue weighted by Crippen LogP contribution is -2.29. The molecular weight excluding hydrogens is 167 g/mol. The van der Waals surface area contributed by atoms with Crippen molar-refractivity contribution in [1.82, 2.24) is 4.67 Å². The van der Waals surface area contributed by atoms with Crippen molar-refractivity contribution in [2.24, 2.45) is 0 Å². The number of hydrogen-bond donors (Lipinski definition) is 0. The second kappa shape index (κ2) is 6.40. The van der Waals surface area contributed by atoms with Crippen LogP contribution in [0.4, 0.5) is 0 Å². The Labute approximate surface area is 77.8 Å². The first kappa shape index (κ1) is 11.9. The van der Waals surface area contributed by atoms with E-state index in [4.69, 9.17) is 5.26 Å². The van der Waals surface area contributed by atoms with Crippen LogP contribution in [-0.4, -0.2) is 22.9 Å². The molecule has 1 atom stereocenters. The zero-order valence-corrected chi connectivity index (χ0v) is 9.46. The third kappa shape index (κ3) is 4.70. The molecule has 0 saturated heterocycles. The van der Waals surface area contributed by atoms with E-state index >= 15 is 0 Å². The van der Waals surface area contributed by atoms with Gasteiger partial charge in [-0.2, -0.15) is 5.26 Å². The molecular formula is C9H19N2P. The van der Waals surface area contributed by atoms with Crippen molar-refractivity contribution in [3.05, 3.63) is 0 Å². The molecule has 0 aliphatic rings. The molecule has 0 heterocycles. The Morgan fingerprint density at radius 3 is 2.08 bits per heavy atom. The Bertz CT molecular complexity index is 141. The quantitative estimate of drug-likeness (QED) is 0.487. The van der Waals surface area contributed by atoms with Crippen LogP contribution < -0.4 is 0 Å². The van der Waals surface area contributed by atoms with Gasteiger partial charge in [-0.1, -0.05) is 0 Å². The van der Waals surface area contributed by atoms with Crippen LogP contribution in [0.25, 0.3) is 0 Å². The molecule has 0 radical (unpaired) electrons. The van der Waals surface area contributed by atoms with Gasteiger partial charge in [0.15, 0.2) is 0 Å². The van der Waals surface area contributed by atoms with Crippen LogP contribution in [0.2, 0.25) is 0 Å². The zero-order valence-electron chi connectivity index (χ0n) is 8.46. The lowest BCUT2D eigenvalue weighted by molar-refractivity contribution is 0.328. The SMILES string of the molecule is CC(C)N(PCCC#N)C(C)C. The van der Waals surface area contributed by atoms with E-state index in [9.17, 15) is 0 Å². The number of nitrogens with zero attached hydrogens (tertiary/aromatic N) is 2. The Morgan fingerprint density at radius 1 is 1.25 bits per heavy atom. The van der Waals surface area contributed by atoms with Gasteiger partial charge in [0.25, 0.3) is 0 Å². The van der Waals surface area contributed by atoms with E-state index in [0.29, 0.717) is 18.5 Å². The highest BCUT2D eigenvalue weighted by molar-refractivity contribution is 7.35. The minimum absolute atomic E-state index is 0.599. The Kier molecular flexibility index (Phi) is 6.34. The number of rotatable bonds is 5. The van der Waals surface area contributed by atoms with Gasteiger partial charge in [0.2, 0.25) is 0 Å². The van der Waals surface area contributed by atoms with E-state index in [0.717, 1.165) is 14.9 Å². The molecule has 0 aromatic carbocycles. The first-order valence-corrected chi connectivity index (χ1v) is 5.63. The predicted molar refractivity (Wildman–Crippen MR) is 55.5 cm³/mol. The van der Waals surface area contributed by atoms with Crippen LogP contribution in [0.5, 0.6) is 0 Å². The van der Waals surface area contributed by atoms with Gasteiger partial charge < -0.3 is 0 Å². The lowest BCUT2D eigenvalue weighted by Gasteiger charge is -2.29. The zero-order chi connectivity index (χ0) is 9.56. The summed E-state index contributed by atoms with van der Waals surface area (Å²) in [6.07, 6.45) is 1.71. The fourth-order valence-electron chi connectivity index (χ4n) is 1.20. The molecule has 3 heteroatoms. The maximum Gasteiger partial charge on any atom is 0.0625 e. The second-order valence-electron chi connectivity index (χ2n) is 3.41. The molecule has 0 spiro atoms. The first-order chi connectivity index (χ1) is 5.59. The van der Waals surface area contributed by atoms with Crippen LogP contribution in [0.1, 0.15) is 34.1 Å². The monoisotopic (exact) mass is 186 g/mol. The van der Waals surface area contributed by atoms with Crippen LogP contribution in [0.3, 0.4) is 0 Å². The van der Waals surface area contributed by atoms with Crippen molar-refractivity contribution in [3.63, 3.8) is 0 Å². The Balaban J connectivity index is 3.74. The van der Waals surface area contributed by atoms with Crippen LogP contribution in [0, 0.1) is 11.3 Å². The largest absolute Gasteiger partial charge is 0.280 e. The summed E-state index contributed by atoms with van der Waals surface area (Å²) in [5.41, 5.74) is 0. The smallest absolute Gasteiger partial charge is 0.0625 e. The molecule has 0 aromatic rings. The standard InChI is InChI=1S/C9H19N2P/c1-8(2)11(9(3)4)12-7-5-6-10/h8-9,12H,5,7H2,1-4H3. The maximum absolute atomic E-state index is 8.39. The summed E-state index contributed by atoms with van der Waals surface area (Å²) in [5, 5.41) is 8.39. The van der Waals surface area contributed by atoms with Gasteiger partial charge in [-0.25, -0.2) is 0 Å². The van der Waals surface area contributed by atoms with E-state index in [1.165, 1.54) is 0 Å². The molecule has 0 bridgehead atoms. The van der Waals surface area contributed by atoms with Gasteiger partial charge in [-0.15, -0.1) is 0 Å².